The quantitative estimate of drug-likeness (QED) is 0.838. The van der Waals surface area contributed by atoms with Crippen molar-refractivity contribution in [2.75, 3.05) is 19.5 Å². The lowest BCUT2D eigenvalue weighted by atomic mass is 10.1. The van der Waals surface area contributed by atoms with E-state index in [0.29, 0.717) is 11.7 Å². The van der Waals surface area contributed by atoms with Crippen LogP contribution in [-0.4, -0.2) is 30.2 Å². The van der Waals surface area contributed by atoms with Gasteiger partial charge in [-0.2, -0.15) is 0 Å². The Kier molecular flexibility index (Phi) is 4.49. The zero-order valence-corrected chi connectivity index (χ0v) is 11.2. The van der Waals surface area contributed by atoms with E-state index in [4.69, 9.17) is 9.47 Å². The third-order valence-electron chi connectivity index (χ3n) is 2.71. The van der Waals surface area contributed by atoms with Gasteiger partial charge in [0.05, 0.1) is 14.2 Å². The first-order valence-electron chi connectivity index (χ1n) is 6.00. The van der Waals surface area contributed by atoms with Crippen molar-refractivity contribution < 1.29 is 14.3 Å². The molecule has 0 aliphatic heterocycles. The minimum atomic E-state index is -0.638. The molecule has 1 aromatic carbocycles. The number of rotatable bonds is 5. The Labute approximate surface area is 116 Å². The number of hydrogen-bond acceptors (Lipinski definition) is 6. The maximum absolute atomic E-state index is 11.9. The molecule has 0 radical (unpaired) electrons. The van der Waals surface area contributed by atoms with E-state index in [1.165, 1.54) is 20.5 Å². The van der Waals surface area contributed by atoms with Crippen LogP contribution in [0.1, 0.15) is 11.6 Å². The smallest absolute Gasteiger partial charge is 0.333 e. The van der Waals surface area contributed by atoms with E-state index in [1.54, 1.807) is 6.07 Å². The molecule has 0 aliphatic rings. The molecule has 0 fully saturated rings. The summed E-state index contributed by atoms with van der Waals surface area (Å²) in [4.78, 5) is 19.9. The molecule has 6 heteroatoms. The molecule has 1 heterocycles. The molecule has 1 N–H and O–H groups in total. The summed E-state index contributed by atoms with van der Waals surface area (Å²) < 4.78 is 9.84. The first kappa shape index (κ1) is 13.8. The number of carbonyl (C=O) groups is 1. The van der Waals surface area contributed by atoms with E-state index in [1.807, 2.05) is 30.3 Å². The molecule has 104 valence electrons. The second kappa shape index (κ2) is 6.51. The highest BCUT2D eigenvalue weighted by Crippen LogP contribution is 2.20. The van der Waals surface area contributed by atoms with Crippen molar-refractivity contribution >= 4 is 11.8 Å². The predicted octanol–water partition coefficient (Wildman–Crippen LogP) is 1.81. The van der Waals surface area contributed by atoms with Crippen molar-refractivity contribution in [3.05, 3.63) is 48.3 Å². The van der Waals surface area contributed by atoms with Crippen molar-refractivity contribution in [1.82, 2.24) is 9.97 Å². The van der Waals surface area contributed by atoms with Crippen molar-refractivity contribution in [3.63, 3.8) is 0 Å². The monoisotopic (exact) mass is 273 g/mol. The van der Waals surface area contributed by atoms with Crippen LogP contribution in [0.4, 0.5) is 5.82 Å². The summed E-state index contributed by atoms with van der Waals surface area (Å²) in [5.41, 5.74) is 0.789. The van der Waals surface area contributed by atoms with Gasteiger partial charge in [0.15, 0.2) is 6.04 Å². The number of nitrogens with zero attached hydrogens (tertiary/aromatic N) is 2. The summed E-state index contributed by atoms with van der Waals surface area (Å²) in [6.07, 6.45) is 1.36. The summed E-state index contributed by atoms with van der Waals surface area (Å²) >= 11 is 0. The largest absolute Gasteiger partial charge is 0.481 e. The third-order valence-corrected chi connectivity index (χ3v) is 2.71. The van der Waals surface area contributed by atoms with Gasteiger partial charge >= 0.3 is 5.97 Å². The van der Waals surface area contributed by atoms with Crippen LogP contribution in [-0.2, 0) is 9.53 Å². The summed E-state index contributed by atoms with van der Waals surface area (Å²) in [5, 5.41) is 3.02. The number of nitrogens with one attached hydrogen (secondary N) is 1. The number of hydrogen-bond donors (Lipinski definition) is 1. The first-order valence-corrected chi connectivity index (χ1v) is 6.00. The van der Waals surface area contributed by atoms with Crippen LogP contribution in [0.3, 0.4) is 0 Å². The number of carbonyl (C=O) groups excluding carboxylic acids is 1. The molecule has 2 aromatic rings. The fourth-order valence-electron chi connectivity index (χ4n) is 1.72. The molecule has 0 saturated carbocycles. The lowest BCUT2D eigenvalue weighted by Crippen LogP contribution is -2.22. The minimum Gasteiger partial charge on any atom is -0.481 e. The van der Waals surface area contributed by atoms with Gasteiger partial charge in [-0.25, -0.2) is 14.8 Å². The van der Waals surface area contributed by atoms with Crippen LogP contribution in [0.15, 0.2) is 42.7 Å². The van der Waals surface area contributed by atoms with Crippen LogP contribution < -0.4 is 10.1 Å². The van der Waals surface area contributed by atoms with Gasteiger partial charge in [0.1, 0.15) is 12.1 Å². The topological polar surface area (TPSA) is 73.3 Å². The van der Waals surface area contributed by atoms with Gasteiger partial charge in [-0.05, 0) is 5.56 Å². The number of benzene rings is 1. The Balaban J connectivity index is 2.26. The third kappa shape index (κ3) is 3.23. The SMILES string of the molecule is COC(=O)[C@@H](Nc1cc(OC)ncn1)c1ccccc1. The molecule has 0 aliphatic carbocycles. The highest BCUT2D eigenvalue weighted by Gasteiger charge is 2.21. The molecule has 20 heavy (non-hydrogen) atoms. The van der Waals surface area contributed by atoms with E-state index < -0.39 is 12.0 Å². The fourth-order valence-corrected chi connectivity index (χ4v) is 1.72. The fraction of sp³-hybridized carbons (Fsp3) is 0.214. The predicted molar refractivity (Wildman–Crippen MR) is 73.4 cm³/mol. The maximum Gasteiger partial charge on any atom is 0.333 e. The Morgan fingerprint density at radius 2 is 1.95 bits per heavy atom. The lowest BCUT2D eigenvalue weighted by molar-refractivity contribution is -0.141. The molecular formula is C14H15N3O3. The number of anilines is 1. The van der Waals surface area contributed by atoms with Gasteiger partial charge in [-0.3, -0.25) is 0 Å². The molecule has 1 aromatic heterocycles. The van der Waals surface area contributed by atoms with Gasteiger partial charge in [-0.15, -0.1) is 0 Å². The van der Waals surface area contributed by atoms with Crippen LogP contribution >= 0.6 is 0 Å². The van der Waals surface area contributed by atoms with Crippen molar-refractivity contribution in [3.8, 4) is 5.88 Å². The molecule has 0 spiro atoms. The van der Waals surface area contributed by atoms with Gasteiger partial charge in [0.25, 0.3) is 0 Å². The summed E-state index contributed by atoms with van der Waals surface area (Å²) in [6, 6.07) is 10.2. The van der Waals surface area contributed by atoms with E-state index in [9.17, 15) is 4.79 Å². The van der Waals surface area contributed by atoms with Crippen LogP contribution in [0, 0.1) is 0 Å². The zero-order chi connectivity index (χ0) is 14.4. The Bertz CT molecular complexity index is 575. The Morgan fingerprint density at radius 1 is 1.20 bits per heavy atom. The second-order valence-electron chi connectivity index (χ2n) is 3.96. The highest BCUT2D eigenvalue weighted by molar-refractivity contribution is 5.80. The standard InChI is InChI=1S/C14H15N3O3/c1-19-12-8-11(15-9-16-12)17-13(14(18)20-2)10-6-4-3-5-7-10/h3-9,13H,1-2H3,(H,15,16,17)/t13-/m0/s1. The van der Waals surface area contributed by atoms with Crippen LogP contribution in [0.5, 0.6) is 5.88 Å². The Hall–Kier alpha value is -2.63. The lowest BCUT2D eigenvalue weighted by Gasteiger charge is -2.17. The van der Waals surface area contributed by atoms with Gasteiger partial charge in [0.2, 0.25) is 5.88 Å². The van der Waals surface area contributed by atoms with Crippen molar-refractivity contribution in [2.45, 2.75) is 6.04 Å². The van der Waals surface area contributed by atoms with Crippen molar-refractivity contribution in [1.29, 1.82) is 0 Å². The molecule has 1 atom stereocenters. The summed E-state index contributed by atoms with van der Waals surface area (Å²) in [5.74, 6) is 0.504. The average molecular weight is 273 g/mol. The van der Waals surface area contributed by atoms with E-state index in [2.05, 4.69) is 15.3 Å². The normalized spacial score (nSPS) is 11.5. The van der Waals surface area contributed by atoms with Crippen LogP contribution in [0.2, 0.25) is 0 Å². The maximum atomic E-state index is 11.9. The number of methoxy groups -OCH3 is 2. The van der Waals surface area contributed by atoms with Gasteiger partial charge in [0, 0.05) is 6.07 Å². The first-order chi connectivity index (χ1) is 9.74. The highest BCUT2D eigenvalue weighted by atomic mass is 16.5. The van der Waals surface area contributed by atoms with Crippen LogP contribution in [0.25, 0.3) is 0 Å². The number of aromatic nitrogens is 2. The minimum absolute atomic E-state index is 0.395. The average Bonchev–Trinajstić information content (AvgIpc) is 2.53. The summed E-state index contributed by atoms with van der Waals surface area (Å²) in [6.45, 7) is 0. The molecule has 0 saturated heterocycles. The molecule has 6 nitrogen and oxygen atoms in total. The second-order valence-corrected chi connectivity index (χ2v) is 3.96. The number of ether oxygens (including phenoxy) is 2. The molecule has 2 rings (SSSR count). The van der Waals surface area contributed by atoms with E-state index >= 15 is 0 Å². The molecule has 0 amide bonds. The number of esters is 1. The van der Waals surface area contributed by atoms with Gasteiger partial charge < -0.3 is 14.8 Å². The van der Waals surface area contributed by atoms with E-state index in [0.717, 1.165) is 5.56 Å². The van der Waals surface area contributed by atoms with E-state index in [-0.39, 0.29) is 0 Å². The Morgan fingerprint density at radius 3 is 2.60 bits per heavy atom. The van der Waals surface area contributed by atoms with Crippen molar-refractivity contribution in [2.24, 2.45) is 0 Å². The summed E-state index contributed by atoms with van der Waals surface area (Å²) in [7, 11) is 2.86. The van der Waals surface area contributed by atoms with Gasteiger partial charge in [-0.1, -0.05) is 30.3 Å². The molecular weight excluding hydrogens is 258 g/mol. The molecule has 0 bridgehead atoms. The zero-order valence-electron chi connectivity index (χ0n) is 11.2. The molecule has 0 unspecified atom stereocenters.